The fourth-order valence-corrected chi connectivity index (χ4v) is 3.63. The molecule has 0 saturated heterocycles. The zero-order valence-electron chi connectivity index (χ0n) is 12.2. The predicted octanol–water partition coefficient (Wildman–Crippen LogP) is 4.34. The van der Waals surface area contributed by atoms with Crippen molar-refractivity contribution in [3.05, 3.63) is 28.5 Å². The minimum absolute atomic E-state index is 0.817. The van der Waals surface area contributed by atoms with E-state index in [0.29, 0.717) is 0 Å². The van der Waals surface area contributed by atoms with Crippen LogP contribution in [0.4, 0.5) is 0 Å². The highest BCUT2D eigenvalue weighted by Gasteiger charge is 2.27. The van der Waals surface area contributed by atoms with E-state index in [-0.39, 0.29) is 0 Å². The van der Waals surface area contributed by atoms with E-state index >= 15 is 0 Å². The molecule has 2 unspecified atom stereocenters. The van der Waals surface area contributed by atoms with Gasteiger partial charge in [0.2, 0.25) is 0 Å². The number of pyridine rings is 1. The maximum Gasteiger partial charge on any atom is 0.0413 e. The van der Waals surface area contributed by atoms with Crippen molar-refractivity contribution in [2.75, 3.05) is 6.54 Å². The summed E-state index contributed by atoms with van der Waals surface area (Å²) in [5, 5.41) is 3.75. The first-order chi connectivity index (χ1) is 9.81. The smallest absolute Gasteiger partial charge is 0.0413 e. The van der Waals surface area contributed by atoms with Crippen LogP contribution in [0.1, 0.15) is 50.6 Å². The SMILES string of the molecule is Brc1ccc(CC2CCCCCC2CNC2CC2)nc1. The second-order valence-electron chi connectivity index (χ2n) is 6.51. The lowest BCUT2D eigenvalue weighted by molar-refractivity contribution is 0.295. The first kappa shape index (κ1) is 14.5. The molecule has 2 atom stereocenters. The zero-order chi connectivity index (χ0) is 13.8. The summed E-state index contributed by atoms with van der Waals surface area (Å²) < 4.78 is 1.08. The third kappa shape index (κ3) is 4.29. The Bertz CT molecular complexity index is 414. The standard InChI is InChI=1S/C17H25BrN2/c18-15-6-7-17(20-12-15)10-13-4-2-1-3-5-14(13)11-19-16-8-9-16/h6-7,12-14,16,19H,1-5,8-11H2. The Kier molecular flexibility index (Phi) is 5.11. The summed E-state index contributed by atoms with van der Waals surface area (Å²) in [7, 11) is 0. The summed E-state index contributed by atoms with van der Waals surface area (Å²) in [5.41, 5.74) is 1.26. The van der Waals surface area contributed by atoms with Gasteiger partial charge in [-0.25, -0.2) is 0 Å². The largest absolute Gasteiger partial charge is 0.314 e. The van der Waals surface area contributed by atoms with Gasteiger partial charge in [0.05, 0.1) is 0 Å². The van der Waals surface area contributed by atoms with Crippen LogP contribution in [-0.2, 0) is 6.42 Å². The zero-order valence-corrected chi connectivity index (χ0v) is 13.7. The molecular formula is C17H25BrN2. The minimum Gasteiger partial charge on any atom is -0.314 e. The van der Waals surface area contributed by atoms with Gasteiger partial charge in [-0.05, 0) is 78.5 Å². The van der Waals surface area contributed by atoms with Gasteiger partial charge in [-0.15, -0.1) is 0 Å². The van der Waals surface area contributed by atoms with Gasteiger partial charge in [0.25, 0.3) is 0 Å². The second-order valence-corrected chi connectivity index (χ2v) is 7.43. The Morgan fingerprint density at radius 2 is 1.85 bits per heavy atom. The molecule has 20 heavy (non-hydrogen) atoms. The fraction of sp³-hybridized carbons (Fsp3) is 0.706. The third-order valence-corrected chi connectivity index (χ3v) is 5.29. The summed E-state index contributed by atoms with van der Waals surface area (Å²) in [6.07, 6.45) is 12.9. The molecule has 1 heterocycles. The first-order valence-corrected chi connectivity index (χ1v) is 8.94. The molecule has 1 aromatic rings. The number of hydrogen-bond acceptors (Lipinski definition) is 2. The molecule has 1 aromatic heterocycles. The molecule has 3 heteroatoms. The predicted molar refractivity (Wildman–Crippen MR) is 86.7 cm³/mol. The first-order valence-electron chi connectivity index (χ1n) is 8.15. The van der Waals surface area contributed by atoms with Crippen molar-refractivity contribution < 1.29 is 0 Å². The van der Waals surface area contributed by atoms with Crippen LogP contribution in [0.5, 0.6) is 0 Å². The van der Waals surface area contributed by atoms with Crippen molar-refractivity contribution >= 4 is 15.9 Å². The lowest BCUT2D eigenvalue weighted by Gasteiger charge is -2.25. The van der Waals surface area contributed by atoms with E-state index in [1.807, 2.05) is 6.20 Å². The van der Waals surface area contributed by atoms with E-state index in [2.05, 4.69) is 38.4 Å². The summed E-state index contributed by atoms with van der Waals surface area (Å²) in [6.45, 7) is 1.23. The molecule has 0 bridgehead atoms. The second kappa shape index (κ2) is 7.04. The Hall–Kier alpha value is -0.410. The average molecular weight is 337 g/mol. The molecule has 0 aliphatic heterocycles. The van der Waals surface area contributed by atoms with Crippen LogP contribution in [-0.4, -0.2) is 17.6 Å². The van der Waals surface area contributed by atoms with Gasteiger partial charge >= 0.3 is 0 Å². The van der Waals surface area contributed by atoms with E-state index in [4.69, 9.17) is 0 Å². The number of rotatable bonds is 5. The van der Waals surface area contributed by atoms with Crippen molar-refractivity contribution in [3.63, 3.8) is 0 Å². The van der Waals surface area contributed by atoms with Gasteiger partial charge in [-0.2, -0.15) is 0 Å². The minimum atomic E-state index is 0.817. The van der Waals surface area contributed by atoms with Crippen LogP contribution in [0.15, 0.2) is 22.8 Å². The van der Waals surface area contributed by atoms with Crippen molar-refractivity contribution in [1.29, 1.82) is 0 Å². The van der Waals surface area contributed by atoms with Crippen LogP contribution < -0.4 is 5.32 Å². The highest BCUT2D eigenvalue weighted by molar-refractivity contribution is 9.10. The molecule has 0 radical (unpaired) electrons. The molecule has 2 aliphatic carbocycles. The Morgan fingerprint density at radius 3 is 2.55 bits per heavy atom. The van der Waals surface area contributed by atoms with Crippen molar-refractivity contribution in [1.82, 2.24) is 10.3 Å². The van der Waals surface area contributed by atoms with E-state index in [0.717, 1.165) is 28.8 Å². The summed E-state index contributed by atoms with van der Waals surface area (Å²) in [5.74, 6) is 1.67. The van der Waals surface area contributed by atoms with Gasteiger partial charge in [-0.1, -0.05) is 19.3 Å². The lowest BCUT2D eigenvalue weighted by atomic mass is 9.84. The fourth-order valence-electron chi connectivity index (χ4n) is 3.40. The molecule has 0 spiro atoms. The van der Waals surface area contributed by atoms with E-state index in [1.165, 1.54) is 57.2 Å². The molecule has 110 valence electrons. The van der Waals surface area contributed by atoms with Gasteiger partial charge in [0.15, 0.2) is 0 Å². The highest BCUT2D eigenvalue weighted by atomic mass is 79.9. The molecule has 2 nitrogen and oxygen atoms in total. The molecule has 1 N–H and O–H groups in total. The summed E-state index contributed by atoms with van der Waals surface area (Å²) in [6, 6.07) is 5.14. The van der Waals surface area contributed by atoms with Crippen LogP contribution >= 0.6 is 15.9 Å². The molecule has 2 aliphatic rings. The maximum absolute atomic E-state index is 4.58. The van der Waals surface area contributed by atoms with E-state index < -0.39 is 0 Å². The van der Waals surface area contributed by atoms with Gasteiger partial charge in [0.1, 0.15) is 0 Å². The number of nitrogens with one attached hydrogen (secondary N) is 1. The number of aromatic nitrogens is 1. The van der Waals surface area contributed by atoms with Crippen molar-refractivity contribution in [2.45, 2.75) is 57.4 Å². The van der Waals surface area contributed by atoms with Crippen LogP contribution in [0.25, 0.3) is 0 Å². The molecule has 3 rings (SSSR count). The quantitative estimate of drug-likeness (QED) is 0.809. The molecule has 0 aromatic carbocycles. The number of nitrogens with zero attached hydrogens (tertiary/aromatic N) is 1. The third-order valence-electron chi connectivity index (χ3n) is 4.82. The van der Waals surface area contributed by atoms with Crippen LogP contribution in [0.2, 0.25) is 0 Å². The molecule has 2 fully saturated rings. The van der Waals surface area contributed by atoms with Crippen LogP contribution in [0.3, 0.4) is 0 Å². The summed E-state index contributed by atoms with van der Waals surface area (Å²) >= 11 is 3.47. The molecule has 2 saturated carbocycles. The van der Waals surface area contributed by atoms with E-state index in [9.17, 15) is 0 Å². The average Bonchev–Trinajstić information content (AvgIpc) is 3.27. The Morgan fingerprint density at radius 1 is 1.05 bits per heavy atom. The lowest BCUT2D eigenvalue weighted by Crippen LogP contribution is -2.30. The van der Waals surface area contributed by atoms with Crippen molar-refractivity contribution in [3.8, 4) is 0 Å². The normalized spacial score (nSPS) is 27.2. The van der Waals surface area contributed by atoms with Gasteiger partial charge in [-0.3, -0.25) is 4.98 Å². The van der Waals surface area contributed by atoms with Crippen molar-refractivity contribution in [2.24, 2.45) is 11.8 Å². The van der Waals surface area contributed by atoms with Crippen LogP contribution in [0, 0.1) is 11.8 Å². The summed E-state index contributed by atoms with van der Waals surface area (Å²) in [4.78, 5) is 4.58. The maximum atomic E-state index is 4.58. The van der Waals surface area contributed by atoms with Gasteiger partial charge in [0, 0.05) is 22.4 Å². The Balaban J connectivity index is 1.60. The molecular weight excluding hydrogens is 312 g/mol. The number of hydrogen-bond donors (Lipinski definition) is 1. The number of halogens is 1. The highest BCUT2D eigenvalue weighted by Crippen LogP contribution is 2.32. The molecule has 0 amide bonds. The monoisotopic (exact) mass is 336 g/mol. The van der Waals surface area contributed by atoms with E-state index in [1.54, 1.807) is 0 Å². The van der Waals surface area contributed by atoms with Gasteiger partial charge < -0.3 is 5.32 Å². The Labute approximate surface area is 130 Å². The topological polar surface area (TPSA) is 24.9 Å².